The van der Waals surface area contributed by atoms with Gasteiger partial charge in [0.2, 0.25) is 0 Å². The van der Waals surface area contributed by atoms with Crippen molar-refractivity contribution in [2.45, 2.75) is 32.7 Å². The normalized spacial score (nSPS) is 24.6. The van der Waals surface area contributed by atoms with Gasteiger partial charge in [0.15, 0.2) is 0 Å². The summed E-state index contributed by atoms with van der Waals surface area (Å²) in [6.45, 7) is 4.27. The Morgan fingerprint density at radius 3 is 2.94 bits per heavy atom. The standard InChI is InChI=1S/C13H21N3O2/c1-3-4-13(12(17)18)5-7-16(10-13)9-11-14-6-8-15(11)2/h6,8H,3-5,7,9-10H2,1-2H3,(H,17,18). The molecule has 1 unspecified atom stereocenters. The van der Waals surface area contributed by atoms with Gasteiger partial charge in [-0.2, -0.15) is 0 Å². The van der Waals surface area contributed by atoms with Crippen molar-refractivity contribution >= 4 is 5.97 Å². The minimum absolute atomic E-state index is 0.542. The van der Waals surface area contributed by atoms with Crippen LogP contribution in [0, 0.1) is 5.41 Å². The Morgan fingerprint density at radius 1 is 1.61 bits per heavy atom. The molecule has 1 aromatic rings. The van der Waals surface area contributed by atoms with Crippen LogP contribution in [-0.2, 0) is 18.4 Å². The first kappa shape index (κ1) is 13.1. The minimum atomic E-state index is -0.647. The summed E-state index contributed by atoms with van der Waals surface area (Å²) < 4.78 is 1.99. The second kappa shape index (κ2) is 5.10. The molecule has 2 rings (SSSR count). The second-order valence-electron chi connectivity index (χ2n) is 5.25. The highest BCUT2D eigenvalue weighted by Crippen LogP contribution is 2.36. The maximum Gasteiger partial charge on any atom is 0.310 e. The van der Waals surface area contributed by atoms with Gasteiger partial charge in [-0.25, -0.2) is 4.98 Å². The number of aryl methyl sites for hydroxylation is 1. The third-order valence-corrected chi connectivity index (χ3v) is 3.90. The zero-order valence-electron chi connectivity index (χ0n) is 11.1. The van der Waals surface area contributed by atoms with Gasteiger partial charge in [0.05, 0.1) is 12.0 Å². The Kier molecular flexibility index (Phi) is 3.71. The lowest BCUT2D eigenvalue weighted by molar-refractivity contribution is -0.148. The van der Waals surface area contributed by atoms with Gasteiger partial charge in [-0.3, -0.25) is 9.69 Å². The molecule has 100 valence electrons. The van der Waals surface area contributed by atoms with Gasteiger partial charge in [0, 0.05) is 26.0 Å². The predicted molar refractivity (Wildman–Crippen MR) is 68.1 cm³/mol. The first-order valence-corrected chi connectivity index (χ1v) is 6.49. The predicted octanol–water partition coefficient (Wildman–Crippen LogP) is 1.50. The molecule has 1 aliphatic heterocycles. The Hall–Kier alpha value is -1.36. The lowest BCUT2D eigenvalue weighted by atomic mass is 9.83. The molecule has 0 amide bonds. The number of aliphatic carboxylic acids is 1. The number of likely N-dealkylation sites (tertiary alicyclic amines) is 1. The van der Waals surface area contributed by atoms with Gasteiger partial charge >= 0.3 is 5.97 Å². The smallest absolute Gasteiger partial charge is 0.310 e. The van der Waals surface area contributed by atoms with Crippen LogP contribution in [0.1, 0.15) is 32.0 Å². The van der Waals surface area contributed by atoms with Gasteiger partial charge in [-0.1, -0.05) is 13.3 Å². The van der Waals surface area contributed by atoms with Gasteiger partial charge in [0.25, 0.3) is 0 Å². The number of carboxylic acids is 1. The van der Waals surface area contributed by atoms with Crippen LogP contribution in [0.15, 0.2) is 12.4 Å². The monoisotopic (exact) mass is 251 g/mol. The zero-order valence-corrected chi connectivity index (χ0v) is 11.1. The maximum absolute atomic E-state index is 11.5. The number of hydrogen-bond acceptors (Lipinski definition) is 3. The summed E-state index contributed by atoms with van der Waals surface area (Å²) in [4.78, 5) is 18.0. The highest BCUT2D eigenvalue weighted by atomic mass is 16.4. The molecular formula is C13H21N3O2. The zero-order chi connectivity index (χ0) is 13.2. The fraction of sp³-hybridized carbons (Fsp3) is 0.692. The lowest BCUT2D eigenvalue weighted by Gasteiger charge is -2.24. The van der Waals surface area contributed by atoms with Crippen molar-refractivity contribution in [1.29, 1.82) is 0 Å². The largest absolute Gasteiger partial charge is 0.481 e. The topological polar surface area (TPSA) is 58.4 Å². The third kappa shape index (κ3) is 2.41. The molecule has 5 nitrogen and oxygen atoms in total. The Balaban J connectivity index is 2.03. The molecule has 2 heterocycles. The van der Waals surface area contributed by atoms with Gasteiger partial charge in [-0.05, 0) is 19.4 Å². The minimum Gasteiger partial charge on any atom is -0.481 e. The van der Waals surface area contributed by atoms with Crippen LogP contribution in [0.25, 0.3) is 0 Å². The number of carbonyl (C=O) groups is 1. The molecule has 1 saturated heterocycles. The molecule has 5 heteroatoms. The molecule has 0 aromatic carbocycles. The van der Waals surface area contributed by atoms with Gasteiger partial charge in [-0.15, -0.1) is 0 Å². The van der Waals surface area contributed by atoms with E-state index in [1.807, 2.05) is 24.7 Å². The summed E-state index contributed by atoms with van der Waals surface area (Å²) in [5.41, 5.74) is -0.542. The van der Waals surface area contributed by atoms with E-state index in [0.29, 0.717) is 6.54 Å². The fourth-order valence-electron chi connectivity index (χ4n) is 2.81. The molecule has 1 aliphatic rings. The molecule has 0 saturated carbocycles. The van der Waals surface area contributed by atoms with Crippen molar-refractivity contribution in [2.75, 3.05) is 13.1 Å². The van der Waals surface area contributed by atoms with Crippen LogP contribution in [0.4, 0.5) is 0 Å². The average molecular weight is 251 g/mol. The summed E-state index contributed by atoms with van der Waals surface area (Å²) in [5.74, 6) is 0.347. The molecule has 0 aliphatic carbocycles. The lowest BCUT2D eigenvalue weighted by Crippen LogP contribution is -2.34. The molecule has 18 heavy (non-hydrogen) atoms. The first-order chi connectivity index (χ1) is 8.57. The van der Waals surface area contributed by atoms with Crippen LogP contribution >= 0.6 is 0 Å². The van der Waals surface area contributed by atoms with E-state index < -0.39 is 11.4 Å². The van der Waals surface area contributed by atoms with E-state index in [0.717, 1.165) is 38.2 Å². The van der Waals surface area contributed by atoms with Gasteiger partial charge < -0.3 is 9.67 Å². The third-order valence-electron chi connectivity index (χ3n) is 3.90. The molecule has 1 atom stereocenters. The Morgan fingerprint density at radius 2 is 2.39 bits per heavy atom. The van der Waals surface area contributed by atoms with Crippen LogP contribution in [0.2, 0.25) is 0 Å². The molecule has 1 fully saturated rings. The molecule has 1 aromatic heterocycles. The van der Waals surface area contributed by atoms with E-state index in [4.69, 9.17) is 0 Å². The van der Waals surface area contributed by atoms with Gasteiger partial charge in [0.1, 0.15) is 5.82 Å². The van der Waals surface area contributed by atoms with Crippen molar-refractivity contribution in [3.63, 3.8) is 0 Å². The quantitative estimate of drug-likeness (QED) is 0.861. The SMILES string of the molecule is CCCC1(C(=O)O)CCN(Cc2nccn2C)C1. The van der Waals surface area contributed by atoms with Crippen LogP contribution in [0.3, 0.4) is 0 Å². The molecular weight excluding hydrogens is 230 g/mol. The molecule has 1 N–H and O–H groups in total. The van der Waals surface area contributed by atoms with Crippen molar-refractivity contribution in [1.82, 2.24) is 14.5 Å². The number of hydrogen-bond donors (Lipinski definition) is 1. The number of rotatable bonds is 5. The van der Waals surface area contributed by atoms with Crippen LogP contribution in [0.5, 0.6) is 0 Å². The van der Waals surface area contributed by atoms with Crippen molar-refractivity contribution < 1.29 is 9.90 Å². The second-order valence-corrected chi connectivity index (χ2v) is 5.25. The summed E-state index contributed by atoms with van der Waals surface area (Å²) in [6.07, 6.45) is 6.13. The van der Waals surface area contributed by atoms with E-state index in [-0.39, 0.29) is 0 Å². The summed E-state index contributed by atoms with van der Waals surface area (Å²) in [7, 11) is 1.97. The fourth-order valence-corrected chi connectivity index (χ4v) is 2.81. The average Bonchev–Trinajstić information content (AvgIpc) is 2.89. The van der Waals surface area contributed by atoms with E-state index >= 15 is 0 Å². The van der Waals surface area contributed by atoms with E-state index in [1.165, 1.54) is 0 Å². The number of nitrogens with zero attached hydrogens (tertiary/aromatic N) is 3. The molecule has 0 bridgehead atoms. The van der Waals surface area contributed by atoms with E-state index in [2.05, 4.69) is 9.88 Å². The summed E-state index contributed by atoms with van der Waals surface area (Å²) in [6, 6.07) is 0. The Labute approximate surface area is 107 Å². The van der Waals surface area contributed by atoms with Crippen LogP contribution in [-0.4, -0.2) is 38.6 Å². The number of carboxylic acid groups (broad SMARTS) is 1. The van der Waals surface area contributed by atoms with Crippen molar-refractivity contribution in [3.05, 3.63) is 18.2 Å². The summed E-state index contributed by atoms with van der Waals surface area (Å²) in [5, 5.41) is 9.45. The highest BCUT2D eigenvalue weighted by molar-refractivity contribution is 5.75. The van der Waals surface area contributed by atoms with E-state index in [1.54, 1.807) is 6.20 Å². The van der Waals surface area contributed by atoms with Crippen LogP contribution < -0.4 is 0 Å². The van der Waals surface area contributed by atoms with Crippen molar-refractivity contribution in [3.8, 4) is 0 Å². The van der Waals surface area contributed by atoms with E-state index in [9.17, 15) is 9.90 Å². The maximum atomic E-state index is 11.5. The Bertz CT molecular complexity index is 430. The highest BCUT2D eigenvalue weighted by Gasteiger charge is 2.43. The molecule has 0 radical (unpaired) electrons. The molecule has 0 spiro atoms. The summed E-state index contributed by atoms with van der Waals surface area (Å²) >= 11 is 0. The number of imidazole rings is 1. The van der Waals surface area contributed by atoms with Crippen molar-refractivity contribution in [2.24, 2.45) is 12.5 Å². The number of aromatic nitrogens is 2. The first-order valence-electron chi connectivity index (χ1n) is 6.49.